The molecule has 12 heterocycles. The first-order valence-electron chi connectivity index (χ1n) is 44.6. The molecule has 0 amide bonds. The van der Waals surface area contributed by atoms with Gasteiger partial charge in [0.25, 0.3) is 0 Å². The van der Waals surface area contributed by atoms with Gasteiger partial charge in [0.2, 0.25) is 17.8 Å². The number of fused-ring (bicyclic) bond motifs is 33. The predicted molar refractivity (Wildman–Crippen MR) is 550 cm³/mol. The first-order valence-corrected chi connectivity index (χ1v) is 46.3. The number of furan rings is 4. The number of benzene rings is 18. The summed E-state index contributed by atoms with van der Waals surface area (Å²) in [7, 11) is 0. The zero-order valence-corrected chi connectivity index (χ0v) is 73.1. The molecule has 0 saturated heterocycles. The fraction of sp³-hybridized carbons (Fsp3) is 0. The summed E-state index contributed by atoms with van der Waals surface area (Å²) in [5, 5.41) is 20.2. The predicted octanol–water partition coefficient (Wildman–Crippen LogP) is 31.2. The third-order valence-corrected chi connectivity index (χ3v) is 28.4. The highest BCUT2D eigenvalue weighted by Gasteiger charge is 2.29. The quantitative estimate of drug-likeness (QED) is 0.133. The molecule has 18 heteroatoms. The van der Waals surface area contributed by atoms with Crippen molar-refractivity contribution in [3.63, 3.8) is 0 Å². The van der Waals surface area contributed by atoms with Crippen molar-refractivity contribution in [2.75, 3.05) is 0 Å². The molecule has 0 unspecified atom stereocenters. The molecule has 12 aromatic heterocycles. The molecule has 630 valence electrons. The zero-order valence-electron chi connectivity index (χ0n) is 71.4. The van der Waals surface area contributed by atoms with E-state index < -0.39 is 0 Å². The van der Waals surface area contributed by atoms with E-state index in [0.29, 0.717) is 52.8 Å². The lowest BCUT2D eigenvalue weighted by Gasteiger charge is -2.10. The largest absolute Gasteiger partial charge is 0.456 e. The van der Waals surface area contributed by atoms with Gasteiger partial charge in [-0.2, -0.15) is 29.9 Å². The van der Waals surface area contributed by atoms with Crippen LogP contribution in [0.1, 0.15) is 0 Å². The topological polar surface area (TPSA) is 183 Å². The maximum Gasteiger partial charge on any atom is 0.238 e. The van der Waals surface area contributed by atoms with E-state index in [9.17, 15) is 0 Å². The van der Waals surface area contributed by atoms with Gasteiger partial charge in [-0.1, -0.05) is 297 Å². The Labute approximate surface area is 773 Å². The molecule has 0 aliphatic heterocycles. The van der Waals surface area contributed by atoms with Gasteiger partial charge in [-0.25, -0.2) is 15.0 Å². The molecule has 0 radical (unpaired) electrons. The van der Waals surface area contributed by atoms with Gasteiger partial charge in [0.15, 0.2) is 34.9 Å². The summed E-state index contributed by atoms with van der Waals surface area (Å²) >= 11 is 3.64. The molecule has 0 saturated carbocycles. The first kappa shape index (κ1) is 76.0. The van der Waals surface area contributed by atoms with Crippen LogP contribution >= 0.6 is 22.7 Å². The molecular formula is C117H66N12O4S2. The first-order chi connectivity index (χ1) is 66.9. The molecule has 0 aliphatic carbocycles. The number of hydrogen-bond donors (Lipinski definition) is 0. The second-order valence-electron chi connectivity index (χ2n) is 33.7. The van der Waals surface area contributed by atoms with Crippen LogP contribution in [0.15, 0.2) is 418 Å². The molecule has 30 aromatic rings. The minimum Gasteiger partial charge on any atom is -0.456 e. The summed E-state index contributed by atoms with van der Waals surface area (Å²) in [6.45, 7) is 0. The molecule has 135 heavy (non-hydrogen) atoms. The van der Waals surface area contributed by atoms with E-state index >= 15 is 0 Å². The van der Waals surface area contributed by atoms with Crippen molar-refractivity contribution in [3.8, 4) is 86.2 Å². The number of rotatable bonds is 9. The lowest BCUT2D eigenvalue weighted by molar-refractivity contribution is 0.664. The Morgan fingerprint density at radius 2 is 0.452 bits per heavy atom. The minimum atomic E-state index is 0.549. The van der Waals surface area contributed by atoms with Crippen molar-refractivity contribution in [1.82, 2.24) is 58.6 Å². The van der Waals surface area contributed by atoms with Crippen LogP contribution in [0.4, 0.5) is 0 Å². The fourth-order valence-corrected chi connectivity index (χ4v) is 22.5. The third kappa shape index (κ3) is 12.0. The van der Waals surface area contributed by atoms with Crippen molar-refractivity contribution in [2.24, 2.45) is 0 Å². The highest BCUT2D eigenvalue weighted by Crippen LogP contribution is 2.51. The Morgan fingerprint density at radius 1 is 0.163 bits per heavy atom. The van der Waals surface area contributed by atoms with Crippen LogP contribution < -0.4 is 0 Å². The Kier molecular flexibility index (Phi) is 17.1. The number of hydrogen-bond acceptors (Lipinski definition) is 15. The molecule has 18 aromatic carbocycles. The molecule has 0 bridgehead atoms. The Balaban J connectivity index is 0.000000101. The van der Waals surface area contributed by atoms with Gasteiger partial charge in [-0.05, 0) is 103 Å². The van der Waals surface area contributed by atoms with Crippen LogP contribution in [0.3, 0.4) is 0 Å². The maximum atomic E-state index is 6.93. The smallest absolute Gasteiger partial charge is 0.238 e. The van der Waals surface area contributed by atoms with E-state index in [1.165, 1.54) is 56.5 Å². The molecule has 0 atom stereocenters. The maximum absolute atomic E-state index is 6.93. The summed E-state index contributed by atoms with van der Waals surface area (Å²) in [5.74, 6) is 5.48. The summed E-state index contributed by atoms with van der Waals surface area (Å²) in [6.07, 6.45) is 0. The van der Waals surface area contributed by atoms with Crippen molar-refractivity contribution in [3.05, 3.63) is 400 Å². The summed E-state index contributed by atoms with van der Waals surface area (Å²) in [5.41, 5.74) is 18.6. The van der Waals surface area contributed by atoms with E-state index in [1.54, 1.807) is 11.3 Å². The van der Waals surface area contributed by atoms with Crippen molar-refractivity contribution in [2.45, 2.75) is 0 Å². The van der Waals surface area contributed by atoms with Gasteiger partial charge in [-0.3, -0.25) is 13.7 Å². The molecule has 0 spiro atoms. The molecule has 0 aliphatic rings. The van der Waals surface area contributed by atoms with Gasteiger partial charge >= 0.3 is 0 Å². The fourth-order valence-electron chi connectivity index (χ4n) is 20.0. The Bertz CT molecular complexity index is 9020. The molecule has 16 nitrogen and oxygen atoms in total. The second-order valence-corrected chi connectivity index (χ2v) is 35.8. The monoisotopic (exact) mass is 1770 g/mol. The SMILES string of the molecule is c1ccc(-c2nc(-c3ccccc3)nc(-n3c4ccccc4c4c5oc6c(ccc7oc8ccccc8c76)c5ccc43)n2)cc1.c1ccc(-c2nc(-c3ccccc3)nc(-n3c4ccccc4c4c5oc6c(ccc7sc8ccccc8c76)c5ccc43)n2)cc1.c1ccc(-c2nc(-c3ccccc3)nc(-n3c4ccccc4c4c5sc6c(ccc7oc8ccccc8c76)c5ccc43)n2)cc1. The van der Waals surface area contributed by atoms with Crippen LogP contribution in [0.2, 0.25) is 0 Å². The lowest BCUT2D eigenvalue weighted by atomic mass is 10.1. The number of para-hydroxylation sites is 5. The average Bonchev–Trinajstić information content (AvgIpc) is 1.55. The normalized spacial score (nSPS) is 12.0. The van der Waals surface area contributed by atoms with Crippen LogP contribution in [-0.4, -0.2) is 58.6 Å². The summed E-state index contributed by atoms with van der Waals surface area (Å²) in [4.78, 5) is 45.2. The standard InChI is InChI=1S/C39H22N4O2.2C39H22N4OS/c1-3-11-23(12-4-1)37-40-38(24-13-5-2-6-14-24)42-39(41-37)43-29-17-9-7-15-27(29)33-30(43)21-19-25-26-20-22-32-34(36(26)45-35(25)33)28-16-8-10-18-31(28)44-32;1-3-11-23(12-4-1)37-40-38(24-13-5-2-6-14-24)42-39(41-37)43-29-17-9-7-15-27(29)33-30(43)21-19-25-26-20-22-32-34(36(26)44-35(25)33)28-16-8-10-18-31(28)45-32;1-3-11-23(12-4-1)37-40-38(24-13-5-2-6-14-24)42-39(41-37)43-29-17-9-7-15-27(29)33-30(43)21-19-25-26-20-22-32-34(36(26)45-35(25)33)28-16-8-10-18-31(28)44-32/h3*1-22H. The second kappa shape index (κ2) is 30.3. The zero-order chi connectivity index (χ0) is 88.5. The van der Waals surface area contributed by atoms with Crippen molar-refractivity contribution < 1.29 is 17.7 Å². The number of nitrogens with zero attached hydrogens (tertiary/aromatic N) is 12. The van der Waals surface area contributed by atoms with Crippen LogP contribution in [0, 0.1) is 0 Å². The van der Waals surface area contributed by atoms with Gasteiger partial charge in [0, 0.05) is 133 Å². The van der Waals surface area contributed by atoms with E-state index in [4.69, 9.17) is 62.5 Å². The molecule has 30 rings (SSSR count). The van der Waals surface area contributed by atoms with Gasteiger partial charge in [0.1, 0.15) is 44.7 Å². The summed E-state index contributed by atoms with van der Waals surface area (Å²) < 4.78 is 37.7. The number of thiophene rings is 2. The average molecular weight is 1770 g/mol. The molecule has 0 fully saturated rings. The molecular weight excluding hydrogens is 1700 g/mol. The van der Waals surface area contributed by atoms with E-state index in [2.05, 4.69) is 190 Å². The van der Waals surface area contributed by atoms with Gasteiger partial charge in [0.05, 0.1) is 49.3 Å². The summed E-state index contributed by atoms with van der Waals surface area (Å²) in [6, 6.07) is 137. The van der Waals surface area contributed by atoms with E-state index in [-0.39, 0.29) is 0 Å². The minimum absolute atomic E-state index is 0.549. The lowest BCUT2D eigenvalue weighted by Crippen LogP contribution is -2.06. The Hall–Kier alpha value is -18.0. The molecule has 0 N–H and O–H groups in total. The highest BCUT2D eigenvalue weighted by atomic mass is 32.1. The van der Waals surface area contributed by atoms with E-state index in [0.717, 1.165) is 170 Å². The Morgan fingerprint density at radius 3 is 0.867 bits per heavy atom. The van der Waals surface area contributed by atoms with Gasteiger partial charge < -0.3 is 17.7 Å². The van der Waals surface area contributed by atoms with Crippen molar-refractivity contribution in [1.29, 1.82) is 0 Å². The van der Waals surface area contributed by atoms with E-state index in [1.807, 2.05) is 236 Å². The van der Waals surface area contributed by atoms with Crippen LogP contribution in [-0.2, 0) is 0 Å². The van der Waals surface area contributed by atoms with Crippen LogP contribution in [0.25, 0.3) is 280 Å². The van der Waals surface area contributed by atoms with Gasteiger partial charge in [-0.15, -0.1) is 22.7 Å². The third-order valence-electron chi connectivity index (χ3n) is 26.0. The number of aromatic nitrogens is 12. The van der Waals surface area contributed by atoms with Crippen molar-refractivity contribution >= 4 is 216 Å². The highest BCUT2D eigenvalue weighted by molar-refractivity contribution is 7.28. The van der Waals surface area contributed by atoms with Crippen LogP contribution in [0.5, 0.6) is 0 Å².